The molecule has 100 valence electrons. The minimum Gasteiger partial charge on any atom is -0.294 e. The van der Waals surface area contributed by atoms with E-state index in [1.54, 1.807) is 0 Å². The van der Waals surface area contributed by atoms with Gasteiger partial charge in [-0.15, -0.1) is 0 Å². The van der Waals surface area contributed by atoms with Crippen molar-refractivity contribution in [2.24, 2.45) is 11.3 Å². The maximum absolute atomic E-state index is 13.6. The van der Waals surface area contributed by atoms with Crippen LogP contribution >= 0.6 is 0 Å². The molecule has 1 saturated carbocycles. The van der Waals surface area contributed by atoms with Crippen LogP contribution in [0.2, 0.25) is 0 Å². The van der Waals surface area contributed by atoms with Crippen molar-refractivity contribution >= 4 is 0 Å². The number of halogens is 1. The number of rotatable bonds is 2. The monoisotopic (exact) mass is 241 g/mol. The smallest absolute Gasteiger partial charge is 0.115 e. The van der Waals surface area contributed by atoms with Crippen molar-refractivity contribution < 1.29 is 4.39 Å². The van der Waals surface area contributed by atoms with Gasteiger partial charge in [0.25, 0.3) is 0 Å². The van der Waals surface area contributed by atoms with Gasteiger partial charge in [0.05, 0.1) is 0 Å². The maximum atomic E-state index is 13.6. The molecule has 0 aromatic carbocycles. The molecule has 0 aromatic heterocycles. The summed E-state index contributed by atoms with van der Waals surface area (Å²) in [5.74, 6) is 0.701. The highest BCUT2D eigenvalue weighted by Gasteiger charge is 2.61. The fraction of sp³-hybridized carbons (Fsp3) is 1.00. The van der Waals surface area contributed by atoms with Crippen LogP contribution in [0.4, 0.5) is 4.39 Å². The number of hydrogen-bond donors (Lipinski definition) is 0. The van der Waals surface area contributed by atoms with Gasteiger partial charge in [0.1, 0.15) is 6.17 Å². The first-order chi connectivity index (χ1) is 8.04. The molecular weight excluding hydrogens is 213 g/mol. The van der Waals surface area contributed by atoms with Gasteiger partial charge in [-0.05, 0) is 43.4 Å². The quantitative estimate of drug-likeness (QED) is 0.705. The molecular formula is C15H28FN. The van der Waals surface area contributed by atoms with Crippen molar-refractivity contribution in [3.05, 3.63) is 0 Å². The zero-order valence-electron chi connectivity index (χ0n) is 11.9. The molecule has 1 aliphatic carbocycles. The van der Waals surface area contributed by atoms with E-state index < -0.39 is 6.17 Å². The summed E-state index contributed by atoms with van der Waals surface area (Å²) in [7, 11) is 0. The van der Waals surface area contributed by atoms with Gasteiger partial charge in [-0.1, -0.05) is 27.7 Å². The van der Waals surface area contributed by atoms with E-state index >= 15 is 0 Å². The Bertz CT molecular complexity index is 272. The molecule has 17 heavy (non-hydrogen) atoms. The highest BCUT2D eigenvalue weighted by molar-refractivity contribution is 5.15. The lowest BCUT2D eigenvalue weighted by Gasteiger charge is -2.33. The summed E-state index contributed by atoms with van der Waals surface area (Å²) in [6.07, 6.45) is 5.56. The van der Waals surface area contributed by atoms with Crippen molar-refractivity contribution in [3.63, 3.8) is 0 Å². The first-order valence-corrected chi connectivity index (χ1v) is 7.43. The minimum absolute atomic E-state index is 0.254. The second-order valence-corrected chi connectivity index (χ2v) is 6.68. The lowest BCUT2D eigenvalue weighted by Crippen LogP contribution is -2.39. The molecule has 2 atom stereocenters. The van der Waals surface area contributed by atoms with E-state index in [1.807, 2.05) is 13.8 Å². The summed E-state index contributed by atoms with van der Waals surface area (Å²) in [6.45, 7) is 10.5. The minimum atomic E-state index is -0.556. The molecule has 0 radical (unpaired) electrons. The number of nitrogens with zero attached hydrogens (tertiary/aromatic N) is 1. The molecule has 0 aromatic rings. The Morgan fingerprint density at radius 2 is 1.94 bits per heavy atom. The summed E-state index contributed by atoms with van der Waals surface area (Å²) < 4.78 is 13.6. The van der Waals surface area contributed by atoms with E-state index in [-0.39, 0.29) is 5.54 Å². The number of fused-ring (bicyclic) bond motifs is 1. The summed E-state index contributed by atoms with van der Waals surface area (Å²) in [5, 5.41) is 0. The molecule has 1 nitrogen and oxygen atoms in total. The first-order valence-electron chi connectivity index (χ1n) is 7.43. The van der Waals surface area contributed by atoms with Gasteiger partial charge >= 0.3 is 0 Å². The predicted octanol–water partition coefficient (Wildman–Crippen LogP) is 4.03. The molecule has 2 saturated heterocycles. The van der Waals surface area contributed by atoms with Crippen molar-refractivity contribution in [1.29, 1.82) is 0 Å². The number of alkyl halides is 1. The molecule has 0 unspecified atom stereocenters. The predicted molar refractivity (Wildman–Crippen MR) is 70.9 cm³/mol. The molecule has 0 bridgehead atoms. The highest BCUT2D eigenvalue weighted by atomic mass is 19.1. The summed E-state index contributed by atoms with van der Waals surface area (Å²) >= 11 is 0. The van der Waals surface area contributed by atoms with E-state index in [1.165, 1.54) is 32.2 Å². The summed E-state index contributed by atoms with van der Waals surface area (Å²) in [6, 6.07) is 0. The second-order valence-electron chi connectivity index (χ2n) is 6.68. The summed E-state index contributed by atoms with van der Waals surface area (Å²) in [4.78, 5) is 2.49. The Morgan fingerprint density at radius 1 is 1.29 bits per heavy atom. The van der Waals surface area contributed by atoms with E-state index in [2.05, 4.69) is 18.7 Å². The Hall–Kier alpha value is -0.110. The second kappa shape index (κ2) is 4.53. The average Bonchev–Trinajstić information content (AvgIpc) is 2.82. The van der Waals surface area contributed by atoms with Gasteiger partial charge in [-0.25, -0.2) is 4.39 Å². The Balaban J connectivity index is 0.000000514. The van der Waals surface area contributed by atoms with Gasteiger partial charge in [0, 0.05) is 18.6 Å². The van der Waals surface area contributed by atoms with Crippen LogP contribution in [0.3, 0.4) is 0 Å². The van der Waals surface area contributed by atoms with E-state index in [0.29, 0.717) is 17.9 Å². The van der Waals surface area contributed by atoms with Gasteiger partial charge in [0.2, 0.25) is 0 Å². The van der Waals surface area contributed by atoms with Crippen LogP contribution in [0, 0.1) is 11.3 Å². The Kier molecular flexibility index (Phi) is 3.55. The Morgan fingerprint density at radius 3 is 2.47 bits per heavy atom. The van der Waals surface area contributed by atoms with Crippen molar-refractivity contribution in [3.8, 4) is 0 Å². The molecule has 3 aliphatic rings. The van der Waals surface area contributed by atoms with E-state index in [4.69, 9.17) is 0 Å². The van der Waals surface area contributed by atoms with Gasteiger partial charge < -0.3 is 0 Å². The largest absolute Gasteiger partial charge is 0.294 e. The van der Waals surface area contributed by atoms with Crippen molar-refractivity contribution in [2.45, 2.75) is 71.5 Å². The zero-order chi connectivity index (χ0) is 12.7. The van der Waals surface area contributed by atoms with Crippen molar-refractivity contribution in [2.75, 3.05) is 13.1 Å². The third-order valence-electron chi connectivity index (χ3n) is 4.67. The summed E-state index contributed by atoms with van der Waals surface area (Å²) in [5.41, 5.74) is 0.888. The van der Waals surface area contributed by atoms with Crippen molar-refractivity contribution in [1.82, 2.24) is 4.90 Å². The lowest BCUT2D eigenvalue weighted by molar-refractivity contribution is 0.163. The molecule has 3 rings (SSSR count). The highest BCUT2D eigenvalue weighted by Crippen LogP contribution is 2.62. The lowest BCUT2D eigenvalue weighted by atomic mass is 9.82. The SMILES string of the molecule is CC.CC(C)C[C@]12C[C@@H](F)CN1CC1(CC1)C2. The molecule has 2 heteroatoms. The topological polar surface area (TPSA) is 3.24 Å². The molecule has 2 heterocycles. The van der Waals surface area contributed by atoms with Crippen LogP contribution in [-0.2, 0) is 0 Å². The Labute approximate surface area is 106 Å². The molecule has 0 amide bonds. The molecule has 0 N–H and O–H groups in total. The fourth-order valence-corrected chi connectivity index (χ4v) is 4.17. The van der Waals surface area contributed by atoms with Crippen LogP contribution in [0.1, 0.15) is 59.8 Å². The van der Waals surface area contributed by atoms with Crippen LogP contribution in [0.15, 0.2) is 0 Å². The fourth-order valence-electron chi connectivity index (χ4n) is 4.17. The van der Waals surface area contributed by atoms with Crippen LogP contribution in [0.5, 0.6) is 0 Å². The van der Waals surface area contributed by atoms with Gasteiger partial charge in [-0.3, -0.25) is 4.90 Å². The standard InChI is InChI=1S/C13H22FN.C2H6/c1-10(2)5-13-6-11(14)7-15(13)9-12(8-13)3-4-12;1-2/h10-11H,3-9H2,1-2H3;1-2H3/t11-,13-;/m1./s1. The van der Waals surface area contributed by atoms with Crippen LogP contribution in [-0.4, -0.2) is 29.7 Å². The number of hydrogen-bond acceptors (Lipinski definition) is 1. The van der Waals surface area contributed by atoms with Gasteiger partial charge in [-0.2, -0.15) is 0 Å². The third-order valence-corrected chi connectivity index (χ3v) is 4.67. The van der Waals surface area contributed by atoms with E-state index in [0.717, 1.165) is 6.42 Å². The van der Waals surface area contributed by atoms with E-state index in [9.17, 15) is 4.39 Å². The average molecular weight is 241 g/mol. The molecule has 3 fully saturated rings. The first kappa shape index (κ1) is 13.3. The van der Waals surface area contributed by atoms with Crippen LogP contribution in [0.25, 0.3) is 0 Å². The normalized spacial score (nSPS) is 38.1. The maximum Gasteiger partial charge on any atom is 0.115 e. The third kappa shape index (κ3) is 2.38. The van der Waals surface area contributed by atoms with Crippen LogP contribution < -0.4 is 0 Å². The molecule has 1 spiro atoms. The van der Waals surface area contributed by atoms with Gasteiger partial charge in [0.15, 0.2) is 0 Å². The molecule has 2 aliphatic heterocycles. The zero-order valence-corrected chi connectivity index (χ0v) is 11.9.